The Hall–Kier alpha value is -2.97. The lowest BCUT2D eigenvalue weighted by Gasteiger charge is -2.33. The molecule has 6 nitrogen and oxygen atoms in total. The lowest BCUT2D eigenvalue weighted by molar-refractivity contribution is -0.141. The smallest absolute Gasteiger partial charge is 0.325 e. The number of fused-ring (bicyclic) bond motifs is 1. The van der Waals surface area contributed by atoms with E-state index in [-0.39, 0.29) is 35.3 Å². The van der Waals surface area contributed by atoms with Gasteiger partial charge in [-0.05, 0) is 24.3 Å². The third-order valence-corrected chi connectivity index (χ3v) is 6.34. The maximum Gasteiger partial charge on any atom is 0.325 e. The molecule has 1 aliphatic heterocycles. The Morgan fingerprint density at radius 3 is 2.60 bits per heavy atom. The number of carbonyl (C=O) groups excluding carboxylic acids is 2. The van der Waals surface area contributed by atoms with Crippen molar-refractivity contribution in [2.45, 2.75) is 18.9 Å². The molecule has 0 N–H and O–H groups in total. The molecule has 0 bridgehead atoms. The van der Waals surface area contributed by atoms with E-state index >= 15 is 0 Å². The molecule has 0 saturated heterocycles. The Bertz CT molecular complexity index is 1170. The number of thiazole rings is 1. The van der Waals surface area contributed by atoms with Gasteiger partial charge >= 0.3 is 10.8 Å². The Labute approximate surface area is 180 Å². The van der Waals surface area contributed by atoms with Crippen LogP contribution in [0.15, 0.2) is 53.3 Å². The van der Waals surface area contributed by atoms with Crippen molar-refractivity contribution in [1.82, 2.24) is 4.57 Å². The summed E-state index contributed by atoms with van der Waals surface area (Å²) in [6.07, 6.45) is -0.0687. The average molecular weight is 447 g/mol. The van der Waals surface area contributed by atoms with E-state index in [0.717, 1.165) is 11.3 Å². The fourth-order valence-corrected chi connectivity index (χ4v) is 4.98. The number of rotatable bonds is 4. The normalized spacial score (nSPS) is 15.8. The van der Waals surface area contributed by atoms with Crippen LogP contribution in [0, 0.1) is 5.82 Å². The largest absolute Gasteiger partial charge is 0.468 e. The molecule has 4 rings (SSSR count). The van der Waals surface area contributed by atoms with Gasteiger partial charge in [0.25, 0.3) is 0 Å². The minimum atomic E-state index is -0.738. The summed E-state index contributed by atoms with van der Waals surface area (Å²) < 4.78 is 20.6. The first kappa shape index (κ1) is 20.3. The molecule has 3 aromatic rings. The second kappa shape index (κ2) is 8.04. The van der Waals surface area contributed by atoms with E-state index in [0.29, 0.717) is 10.6 Å². The fraction of sp³-hybridized carbons (Fsp3) is 0.190. The first-order valence-corrected chi connectivity index (χ1v) is 10.2. The summed E-state index contributed by atoms with van der Waals surface area (Å²) in [5.74, 6) is -2.03. The maximum atomic E-state index is 14.7. The molecule has 1 aliphatic rings. The first-order valence-electron chi connectivity index (χ1n) is 9.04. The number of hydrogen-bond donors (Lipinski definition) is 0. The molecule has 2 heterocycles. The minimum absolute atomic E-state index is 0.0687. The summed E-state index contributed by atoms with van der Waals surface area (Å²) in [5, 5.41) is 0.173. The first-order chi connectivity index (χ1) is 14.4. The zero-order valence-electron chi connectivity index (χ0n) is 15.8. The molecular weight excluding hydrogens is 431 g/mol. The molecule has 154 valence electrons. The standard InChI is InChI=1S/C21H16ClFN2O4S/c1-29-17(27)11-24-20-19(30-21(24)28)13(18-14(22)8-5-9-15(18)23)10-16(26)25(20)12-6-3-2-4-7-12/h2-9,13H,10-11H2,1H3/t13-/m1/s1. The van der Waals surface area contributed by atoms with Gasteiger partial charge in [-0.15, -0.1) is 0 Å². The molecule has 0 fully saturated rings. The molecule has 9 heteroatoms. The van der Waals surface area contributed by atoms with Crippen LogP contribution in [-0.2, 0) is 20.9 Å². The number of para-hydroxylation sites is 1. The molecule has 0 unspecified atom stereocenters. The lowest BCUT2D eigenvalue weighted by Crippen LogP contribution is -2.36. The van der Waals surface area contributed by atoms with Crippen LogP contribution in [0.4, 0.5) is 15.9 Å². The SMILES string of the molecule is COC(=O)Cn1c2c(sc1=O)[C@@H](c1c(F)cccc1Cl)CC(=O)N2c1ccccc1. The van der Waals surface area contributed by atoms with Gasteiger partial charge in [0.1, 0.15) is 18.2 Å². The molecule has 0 saturated carbocycles. The van der Waals surface area contributed by atoms with Crippen molar-refractivity contribution in [2.75, 3.05) is 12.0 Å². The van der Waals surface area contributed by atoms with E-state index in [9.17, 15) is 18.8 Å². The number of aromatic nitrogens is 1. The number of esters is 1. The predicted molar refractivity (Wildman–Crippen MR) is 112 cm³/mol. The number of methoxy groups -OCH3 is 1. The fourth-order valence-electron chi connectivity index (χ4n) is 3.60. The number of halogens is 2. The van der Waals surface area contributed by atoms with Crippen molar-refractivity contribution < 1.29 is 18.7 Å². The van der Waals surface area contributed by atoms with Gasteiger partial charge in [-0.25, -0.2) is 4.39 Å². The number of carbonyl (C=O) groups is 2. The van der Waals surface area contributed by atoms with E-state index < -0.39 is 22.6 Å². The van der Waals surface area contributed by atoms with E-state index in [2.05, 4.69) is 0 Å². The molecule has 2 aromatic carbocycles. The van der Waals surface area contributed by atoms with Crippen molar-refractivity contribution in [1.29, 1.82) is 0 Å². The van der Waals surface area contributed by atoms with Gasteiger partial charge in [0.05, 0.1) is 17.7 Å². The van der Waals surface area contributed by atoms with Crippen LogP contribution in [0.25, 0.3) is 0 Å². The van der Waals surface area contributed by atoms with E-state index in [1.165, 1.54) is 28.7 Å². The lowest BCUT2D eigenvalue weighted by atomic mass is 9.90. The van der Waals surface area contributed by atoms with Gasteiger partial charge in [-0.1, -0.05) is 47.2 Å². The third kappa shape index (κ3) is 3.42. The summed E-state index contributed by atoms with van der Waals surface area (Å²) in [5.41, 5.74) is 0.700. The number of nitrogens with zero attached hydrogens (tertiary/aromatic N) is 2. The molecule has 1 aromatic heterocycles. The van der Waals surface area contributed by atoms with Gasteiger partial charge in [-0.2, -0.15) is 0 Å². The third-order valence-electron chi connectivity index (χ3n) is 4.93. The summed E-state index contributed by atoms with van der Waals surface area (Å²) in [6, 6.07) is 13.1. The zero-order chi connectivity index (χ0) is 21.4. The zero-order valence-corrected chi connectivity index (χ0v) is 17.4. The summed E-state index contributed by atoms with van der Waals surface area (Å²) in [6.45, 7) is -0.366. The van der Waals surface area contributed by atoms with Crippen LogP contribution in [0.3, 0.4) is 0 Å². The van der Waals surface area contributed by atoms with Gasteiger partial charge in [0, 0.05) is 22.9 Å². The van der Waals surface area contributed by atoms with Crippen LogP contribution < -0.4 is 9.77 Å². The van der Waals surface area contributed by atoms with Crippen LogP contribution in [0.2, 0.25) is 5.02 Å². The summed E-state index contributed by atoms with van der Waals surface area (Å²) in [7, 11) is 1.22. The monoisotopic (exact) mass is 446 g/mol. The Balaban J connectivity index is 1.97. The van der Waals surface area contributed by atoms with Crippen LogP contribution >= 0.6 is 22.9 Å². The number of anilines is 2. The van der Waals surface area contributed by atoms with Crippen molar-refractivity contribution in [3.63, 3.8) is 0 Å². The predicted octanol–water partition coefficient (Wildman–Crippen LogP) is 4.08. The van der Waals surface area contributed by atoms with E-state index in [1.54, 1.807) is 36.4 Å². The highest BCUT2D eigenvalue weighted by atomic mass is 35.5. The molecular formula is C21H16ClFN2O4S. The van der Waals surface area contributed by atoms with Crippen molar-refractivity contribution >= 4 is 46.3 Å². The van der Waals surface area contributed by atoms with Gasteiger partial charge in [-0.3, -0.25) is 23.9 Å². The Morgan fingerprint density at radius 2 is 1.93 bits per heavy atom. The van der Waals surface area contributed by atoms with E-state index in [4.69, 9.17) is 16.3 Å². The molecule has 0 radical (unpaired) electrons. The van der Waals surface area contributed by atoms with Crippen molar-refractivity contribution in [2.24, 2.45) is 0 Å². The van der Waals surface area contributed by atoms with Gasteiger partial charge in [0.2, 0.25) is 5.91 Å². The second-order valence-electron chi connectivity index (χ2n) is 6.67. The minimum Gasteiger partial charge on any atom is -0.468 e. The number of hydrogen-bond acceptors (Lipinski definition) is 5. The quantitative estimate of drug-likeness (QED) is 0.566. The highest BCUT2D eigenvalue weighted by molar-refractivity contribution is 7.10. The number of benzene rings is 2. The summed E-state index contributed by atoms with van der Waals surface area (Å²) in [4.78, 5) is 39.4. The molecule has 1 atom stereocenters. The van der Waals surface area contributed by atoms with Crippen molar-refractivity contribution in [3.8, 4) is 0 Å². The van der Waals surface area contributed by atoms with Crippen LogP contribution in [0.5, 0.6) is 0 Å². The van der Waals surface area contributed by atoms with E-state index in [1.807, 2.05) is 0 Å². The Kier molecular flexibility index (Phi) is 5.44. The maximum absolute atomic E-state index is 14.7. The van der Waals surface area contributed by atoms with Gasteiger partial charge < -0.3 is 4.74 Å². The molecule has 0 spiro atoms. The molecule has 1 amide bonds. The van der Waals surface area contributed by atoms with Crippen LogP contribution in [0.1, 0.15) is 22.8 Å². The van der Waals surface area contributed by atoms with Crippen molar-refractivity contribution in [3.05, 3.63) is 79.5 Å². The number of amides is 1. The second-order valence-corrected chi connectivity index (χ2v) is 8.08. The topological polar surface area (TPSA) is 68.6 Å². The van der Waals surface area contributed by atoms with Crippen LogP contribution in [-0.4, -0.2) is 23.6 Å². The highest BCUT2D eigenvalue weighted by Gasteiger charge is 2.40. The average Bonchev–Trinajstić information content (AvgIpc) is 3.04. The molecule has 30 heavy (non-hydrogen) atoms. The Morgan fingerprint density at radius 1 is 1.20 bits per heavy atom. The highest BCUT2D eigenvalue weighted by Crippen LogP contribution is 2.46. The number of ether oxygens (including phenoxy) is 1. The van der Waals surface area contributed by atoms with Gasteiger partial charge in [0.15, 0.2) is 0 Å². The molecule has 0 aliphatic carbocycles. The summed E-state index contributed by atoms with van der Waals surface area (Å²) >= 11 is 7.14.